The van der Waals surface area contributed by atoms with Crippen LogP contribution < -0.4 is 5.32 Å². The van der Waals surface area contributed by atoms with E-state index in [1.54, 1.807) is 6.07 Å². The number of halogens is 4. The van der Waals surface area contributed by atoms with Crippen LogP contribution in [0.25, 0.3) is 0 Å². The van der Waals surface area contributed by atoms with Crippen LogP contribution >= 0.6 is 36.4 Å². The number of aromatic hydroxyl groups is 1. The molecule has 0 unspecified atom stereocenters. The lowest BCUT2D eigenvalue weighted by Crippen LogP contribution is -2.47. The maximum absolute atomic E-state index is 13.9. The zero-order valence-electron chi connectivity index (χ0n) is 13.6. The van der Waals surface area contributed by atoms with Gasteiger partial charge >= 0.3 is 0 Å². The molecule has 3 rings (SSSR count). The van der Waals surface area contributed by atoms with Crippen molar-refractivity contribution in [3.05, 3.63) is 28.5 Å². The maximum Gasteiger partial charge on any atom is 0.165 e. The second-order valence-electron chi connectivity index (χ2n) is 6.42. The summed E-state index contributed by atoms with van der Waals surface area (Å²) in [5, 5.41) is 14.1. The van der Waals surface area contributed by atoms with Gasteiger partial charge in [0, 0.05) is 42.8 Å². The van der Waals surface area contributed by atoms with Gasteiger partial charge in [0.1, 0.15) is 0 Å². The molecule has 7 heteroatoms. The Kier molecular flexibility index (Phi) is 9.10. The largest absolute Gasteiger partial charge is 0.505 e. The van der Waals surface area contributed by atoms with E-state index >= 15 is 0 Å². The molecule has 1 aromatic carbocycles. The maximum atomic E-state index is 13.9. The van der Waals surface area contributed by atoms with Crippen molar-refractivity contribution in [2.24, 2.45) is 5.92 Å². The van der Waals surface area contributed by atoms with Crippen LogP contribution in [0.3, 0.4) is 0 Å². The van der Waals surface area contributed by atoms with Crippen molar-refractivity contribution >= 4 is 36.4 Å². The summed E-state index contributed by atoms with van der Waals surface area (Å²) in [4.78, 5) is 2.37. The van der Waals surface area contributed by atoms with E-state index in [0.717, 1.165) is 39.0 Å². The van der Waals surface area contributed by atoms with Gasteiger partial charge in [-0.3, -0.25) is 4.90 Å². The quantitative estimate of drug-likeness (QED) is 0.782. The second kappa shape index (κ2) is 10.0. The minimum atomic E-state index is -0.574. The van der Waals surface area contributed by atoms with Crippen molar-refractivity contribution in [2.75, 3.05) is 26.2 Å². The van der Waals surface area contributed by atoms with E-state index in [0.29, 0.717) is 16.5 Å². The van der Waals surface area contributed by atoms with Crippen LogP contribution in [0.4, 0.5) is 4.39 Å². The topological polar surface area (TPSA) is 35.5 Å². The van der Waals surface area contributed by atoms with Crippen molar-refractivity contribution in [3.63, 3.8) is 0 Å². The Balaban J connectivity index is 0.00000144. The first-order chi connectivity index (χ1) is 10.7. The molecule has 0 aromatic heterocycles. The first-order valence-electron chi connectivity index (χ1n) is 8.30. The van der Waals surface area contributed by atoms with E-state index in [4.69, 9.17) is 11.6 Å². The normalized spacial score (nSPS) is 20.8. The molecule has 0 radical (unpaired) electrons. The van der Waals surface area contributed by atoms with Gasteiger partial charge in [0.2, 0.25) is 0 Å². The number of phenolic OH excluding ortho intramolecular Hbond substituents is 1. The number of benzene rings is 1. The fourth-order valence-corrected chi connectivity index (χ4v) is 4.23. The highest BCUT2D eigenvalue weighted by molar-refractivity contribution is 6.31. The molecule has 0 spiro atoms. The van der Waals surface area contributed by atoms with Gasteiger partial charge in [-0.15, -0.1) is 24.8 Å². The van der Waals surface area contributed by atoms with Gasteiger partial charge in [0.05, 0.1) is 0 Å². The predicted molar refractivity (Wildman–Crippen MR) is 101 cm³/mol. The number of phenols is 1. The molecule has 2 fully saturated rings. The van der Waals surface area contributed by atoms with E-state index in [1.165, 1.54) is 25.3 Å². The fourth-order valence-electron chi connectivity index (χ4n) is 3.96. The standard InChI is InChI=1S/C17H24ClFN2O.2ClH/c18-13-6-7-14(19)17(22)15(13)16(12-4-2-1-3-5-12)21-10-8-20-9-11-21;;/h6-7,12,16,20,22H,1-5,8-11H2;2*1H/t16-;;/m0../s1. The van der Waals surface area contributed by atoms with E-state index in [2.05, 4.69) is 10.2 Å². The average molecular weight is 400 g/mol. The summed E-state index contributed by atoms with van der Waals surface area (Å²) in [7, 11) is 0. The summed E-state index contributed by atoms with van der Waals surface area (Å²) in [6.07, 6.45) is 5.94. The Morgan fingerprint density at radius 2 is 1.75 bits per heavy atom. The molecule has 1 aliphatic heterocycles. The molecule has 1 aromatic rings. The zero-order chi connectivity index (χ0) is 15.5. The highest BCUT2D eigenvalue weighted by atomic mass is 35.5. The summed E-state index contributed by atoms with van der Waals surface area (Å²) in [6.45, 7) is 3.68. The SMILES string of the molecule is Cl.Cl.Oc1c(F)ccc(Cl)c1[C@H](C1CCCCC1)N1CCNCC1. The average Bonchev–Trinajstić information content (AvgIpc) is 2.57. The van der Waals surface area contributed by atoms with Crippen LogP contribution in [-0.4, -0.2) is 36.2 Å². The van der Waals surface area contributed by atoms with E-state index in [-0.39, 0.29) is 36.6 Å². The molecule has 1 aliphatic carbocycles. The molecule has 2 aliphatic rings. The monoisotopic (exact) mass is 398 g/mol. The lowest BCUT2D eigenvalue weighted by molar-refractivity contribution is 0.101. The van der Waals surface area contributed by atoms with Gasteiger partial charge in [-0.25, -0.2) is 4.39 Å². The summed E-state index contributed by atoms with van der Waals surface area (Å²) < 4.78 is 13.9. The molecule has 1 heterocycles. The third-order valence-electron chi connectivity index (χ3n) is 5.05. The van der Waals surface area contributed by atoms with Crippen LogP contribution in [0.15, 0.2) is 12.1 Å². The third-order valence-corrected chi connectivity index (χ3v) is 5.38. The van der Waals surface area contributed by atoms with Crippen molar-refractivity contribution in [2.45, 2.75) is 38.1 Å². The van der Waals surface area contributed by atoms with E-state index in [1.807, 2.05) is 0 Å². The molecular weight excluding hydrogens is 374 g/mol. The lowest BCUT2D eigenvalue weighted by Gasteiger charge is -2.41. The number of hydrogen-bond donors (Lipinski definition) is 2. The number of nitrogens with zero attached hydrogens (tertiary/aromatic N) is 1. The number of nitrogens with one attached hydrogen (secondary N) is 1. The third kappa shape index (κ3) is 4.67. The van der Waals surface area contributed by atoms with E-state index < -0.39 is 5.82 Å². The Labute approximate surface area is 160 Å². The Morgan fingerprint density at radius 3 is 2.38 bits per heavy atom. The summed E-state index contributed by atoms with van der Waals surface area (Å²) in [6, 6.07) is 2.84. The van der Waals surface area contributed by atoms with Crippen LogP contribution in [0.5, 0.6) is 5.75 Å². The summed E-state index contributed by atoms with van der Waals surface area (Å²) >= 11 is 6.37. The zero-order valence-corrected chi connectivity index (χ0v) is 16.0. The minimum absolute atomic E-state index is 0. The number of rotatable bonds is 3. The second-order valence-corrected chi connectivity index (χ2v) is 6.83. The highest BCUT2D eigenvalue weighted by Crippen LogP contribution is 2.45. The Morgan fingerprint density at radius 1 is 1.12 bits per heavy atom. The molecule has 1 saturated heterocycles. The summed E-state index contributed by atoms with van der Waals surface area (Å²) in [5.74, 6) is -0.394. The molecule has 1 atom stereocenters. The van der Waals surface area contributed by atoms with Gasteiger partial charge in [-0.05, 0) is 30.9 Å². The first-order valence-corrected chi connectivity index (χ1v) is 8.68. The fraction of sp³-hybridized carbons (Fsp3) is 0.647. The predicted octanol–water partition coefficient (Wildman–Crippen LogP) is 4.55. The van der Waals surface area contributed by atoms with Crippen LogP contribution in [0, 0.1) is 11.7 Å². The molecule has 24 heavy (non-hydrogen) atoms. The van der Waals surface area contributed by atoms with Gasteiger partial charge in [-0.2, -0.15) is 0 Å². The Hall–Kier alpha value is -0.260. The first kappa shape index (κ1) is 21.8. The minimum Gasteiger partial charge on any atom is -0.505 e. The van der Waals surface area contributed by atoms with Gasteiger partial charge in [0.25, 0.3) is 0 Å². The van der Waals surface area contributed by atoms with Gasteiger partial charge in [0.15, 0.2) is 11.6 Å². The number of hydrogen-bond acceptors (Lipinski definition) is 3. The van der Waals surface area contributed by atoms with Crippen molar-refractivity contribution in [1.82, 2.24) is 10.2 Å². The number of piperazine rings is 1. The summed E-state index contributed by atoms with van der Waals surface area (Å²) in [5.41, 5.74) is 0.593. The highest BCUT2D eigenvalue weighted by Gasteiger charge is 2.34. The molecule has 0 bridgehead atoms. The van der Waals surface area contributed by atoms with E-state index in [9.17, 15) is 9.50 Å². The van der Waals surface area contributed by atoms with Gasteiger partial charge in [-0.1, -0.05) is 30.9 Å². The van der Waals surface area contributed by atoms with Crippen molar-refractivity contribution in [3.8, 4) is 5.75 Å². The van der Waals surface area contributed by atoms with Crippen molar-refractivity contribution < 1.29 is 9.50 Å². The smallest absolute Gasteiger partial charge is 0.165 e. The lowest BCUT2D eigenvalue weighted by atomic mass is 9.79. The van der Waals surface area contributed by atoms with Gasteiger partial charge < -0.3 is 10.4 Å². The van der Waals surface area contributed by atoms with Crippen molar-refractivity contribution in [1.29, 1.82) is 0 Å². The molecular formula is C17H26Cl3FN2O. The molecule has 138 valence electrons. The van der Waals surface area contributed by atoms with Crippen LogP contribution in [0.2, 0.25) is 5.02 Å². The molecule has 3 nitrogen and oxygen atoms in total. The Bertz CT molecular complexity index is 503. The molecule has 2 N–H and O–H groups in total. The van der Waals surface area contributed by atoms with Crippen LogP contribution in [-0.2, 0) is 0 Å². The molecule has 1 saturated carbocycles. The molecule has 0 amide bonds. The van der Waals surface area contributed by atoms with Crippen LogP contribution in [0.1, 0.15) is 43.7 Å².